The summed E-state index contributed by atoms with van der Waals surface area (Å²) in [6.45, 7) is 3.88. The van der Waals surface area contributed by atoms with E-state index in [1.165, 1.54) is 10.7 Å². The molecule has 0 atom stereocenters. The molecular formula is C25H23FN8O2. The van der Waals surface area contributed by atoms with Gasteiger partial charge in [0, 0.05) is 48.0 Å². The van der Waals surface area contributed by atoms with E-state index in [2.05, 4.69) is 30.7 Å². The van der Waals surface area contributed by atoms with Crippen LogP contribution in [0.4, 0.5) is 16.0 Å². The third kappa shape index (κ3) is 3.83. The molecule has 0 saturated heterocycles. The molecule has 5 heterocycles. The number of hydrogen-bond donors (Lipinski definition) is 2. The van der Waals surface area contributed by atoms with Crippen molar-refractivity contribution in [3.05, 3.63) is 66.0 Å². The van der Waals surface area contributed by atoms with E-state index in [1.54, 1.807) is 25.3 Å². The van der Waals surface area contributed by atoms with E-state index >= 15 is 0 Å². The van der Waals surface area contributed by atoms with Crippen LogP contribution in [0.2, 0.25) is 0 Å². The Hall–Kier alpha value is -4.38. The van der Waals surface area contributed by atoms with E-state index in [4.69, 9.17) is 4.74 Å². The van der Waals surface area contributed by atoms with Crippen LogP contribution in [0.25, 0.3) is 27.9 Å². The van der Waals surface area contributed by atoms with Gasteiger partial charge >= 0.3 is 5.97 Å². The molecule has 0 amide bonds. The van der Waals surface area contributed by atoms with E-state index in [0.717, 1.165) is 47.0 Å². The first-order chi connectivity index (χ1) is 17.6. The highest BCUT2D eigenvalue weighted by Gasteiger charge is 2.22. The quantitative estimate of drug-likeness (QED) is 0.352. The summed E-state index contributed by atoms with van der Waals surface area (Å²) in [5.74, 6) is -0.582. The van der Waals surface area contributed by atoms with Gasteiger partial charge in [0.15, 0.2) is 11.5 Å². The van der Waals surface area contributed by atoms with Gasteiger partial charge in [-0.3, -0.25) is 4.79 Å². The smallest absolute Gasteiger partial charge is 0.325 e. The molecule has 0 unspecified atom stereocenters. The largest absolute Gasteiger partial charge is 0.465 e. The van der Waals surface area contributed by atoms with Gasteiger partial charge in [-0.2, -0.15) is 5.10 Å². The number of rotatable bonds is 6. The first-order valence-corrected chi connectivity index (χ1v) is 11.7. The van der Waals surface area contributed by atoms with Crippen molar-refractivity contribution in [3.63, 3.8) is 0 Å². The molecule has 36 heavy (non-hydrogen) atoms. The predicted molar refractivity (Wildman–Crippen MR) is 131 cm³/mol. The van der Waals surface area contributed by atoms with Crippen LogP contribution in [-0.2, 0) is 29.0 Å². The molecule has 1 aliphatic heterocycles. The monoisotopic (exact) mass is 486 g/mol. The lowest BCUT2D eigenvalue weighted by molar-refractivity contribution is -0.143. The Bertz CT molecular complexity index is 1610. The van der Waals surface area contributed by atoms with E-state index in [-0.39, 0.29) is 24.2 Å². The molecule has 182 valence electrons. The van der Waals surface area contributed by atoms with Gasteiger partial charge < -0.3 is 19.9 Å². The maximum atomic E-state index is 14.7. The van der Waals surface area contributed by atoms with Crippen LogP contribution in [-0.4, -0.2) is 48.3 Å². The van der Waals surface area contributed by atoms with Crippen LogP contribution in [0, 0.1) is 5.82 Å². The lowest BCUT2D eigenvalue weighted by Crippen LogP contribution is -2.25. The molecule has 0 saturated carbocycles. The van der Waals surface area contributed by atoms with Gasteiger partial charge in [0.05, 0.1) is 19.0 Å². The van der Waals surface area contributed by atoms with Gasteiger partial charge in [0.1, 0.15) is 17.9 Å². The number of fused-ring (bicyclic) bond motifs is 4. The number of imidazole rings is 1. The Kier molecular flexibility index (Phi) is 5.53. The van der Waals surface area contributed by atoms with Crippen LogP contribution >= 0.6 is 0 Å². The highest BCUT2D eigenvalue weighted by atomic mass is 19.1. The number of carbonyl (C=O) groups excluding carboxylic acids is 1. The van der Waals surface area contributed by atoms with Gasteiger partial charge in [-0.15, -0.1) is 0 Å². The number of hydrogen-bond acceptors (Lipinski definition) is 8. The van der Waals surface area contributed by atoms with Crippen LogP contribution in [0.5, 0.6) is 0 Å². The lowest BCUT2D eigenvalue weighted by Gasteiger charge is -2.16. The summed E-state index contributed by atoms with van der Waals surface area (Å²) in [6, 6.07) is 9.41. The predicted octanol–water partition coefficient (Wildman–Crippen LogP) is 3.23. The van der Waals surface area contributed by atoms with Crippen molar-refractivity contribution < 1.29 is 13.9 Å². The second kappa shape index (κ2) is 9.00. The van der Waals surface area contributed by atoms with Gasteiger partial charge in [-0.05, 0) is 42.8 Å². The lowest BCUT2D eigenvalue weighted by atomic mass is 10.1. The van der Waals surface area contributed by atoms with Crippen molar-refractivity contribution in [1.82, 2.24) is 34.4 Å². The molecule has 0 fully saturated rings. The summed E-state index contributed by atoms with van der Waals surface area (Å²) < 4.78 is 23.5. The van der Waals surface area contributed by atoms with Crippen LogP contribution in [0.3, 0.4) is 0 Å². The van der Waals surface area contributed by atoms with Gasteiger partial charge in [0.2, 0.25) is 5.95 Å². The highest BCUT2D eigenvalue weighted by molar-refractivity contribution is 5.90. The van der Waals surface area contributed by atoms with Gasteiger partial charge in [-0.1, -0.05) is 0 Å². The Labute approximate surface area is 205 Å². The Morgan fingerprint density at radius 3 is 3.06 bits per heavy atom. The number of benzene rings is 1. The van der Waals surface area contributed by atoms with E-state index in [9.17, 15) is 9.18 Å². The second-order valence-electron chi connectivity index (χ2n) is 8.43. The number of nitrogens with zero attached hydrogens (tertiary/aromatic N) is 6. The number of esters is 1. The zero-order valence-electron chi connectivity index (χ0n) is 19.5. The Morgan fingerprint density at radius 1 is 1.25 bits per heavy atom. The van der Waals surface area contributed by atoms with E-state index in [0.29, 0.717) is 24.5 Å². The molecule has 1 aromatic carbocycles. The Morgan fingerprint density at radius 2 is 2.17 bits per heavy atom. The van der Waals surface area contributed by atoms with Crippen LogP contribution < -0.4 is 10.6 Å². The zero-order valence-corrected chi connectivity index (χ0v) is 19.5. The van der Waals surface area contributed by atoms with Crippen molar-refractivity contribution >= 4 is 34.2 Å². The third-order valence-electron chi connectivity index (χ3n) is 6.24. The summed E-state index contributed by atoms with van der Waals surface area (Å²) in [5.41, 5.74) is 5.12. The maximum Gasteiger partial charge on any atom is 0.325 e. The molecule has 10 nitrogen and oxygen atoms in total. The molecule has 2 N–H and O–H groups in total. The molecule has 4 aromatic heterocycles. The van der Waals surface area contributed by atoms with Crippen molar-refractivity contribution in [3.8, 4) is 11.4 Å². The number of carbonyl (C=O) groups is 1. The molecular weight excluding hydrogens is 463 g/mol. The fourth-order valence-electron chi connectivity index (χ4n) is 4.70. The summed E-state index contributed by atoms with van der Waals surface area (Å²) in [4.78, 5) is 25.1. The fourth-order valence-corrected chi connectivity index (χ4v) is 4.70. The van der Waals surface area contributed by atoms with Gasteiger partial charge in [0.25, 0.3) is 0 Å². The molecule has 11 heteroatoms. The molecule has 0 bridgehead atoms. The summed E-state index contributed by atoms with van der Waals surface area (Å²) >= 11 is 0. The molecule has 0 aliphatic carbocycles. The van der Waals surface area contributed by atoms with Crippen LogP contribution in [0.15, 0.2) is 48.9 Å². The van der Waals surface area contributed by atoms with Crippen molar-refractivity contribution in [2.45, 2.75) is 26.4 Å². The molecule has 6 rings (SSSR count). The van der Waals surface area contributed by atoms with Crippen molar-refractivity contribution in [2.75, 3.05) is 18.5 Å². The summed E-state index contributed by atoms with van der Waals surface area (Å²) in [7, 11) is 0. The molecule has 5 aromatic rings. The first-order valence-electron chi connectivity index (χ1n) is 11.7. The second-order valence-corrected chi connectivity index (χ2v) is 8.43. The minimum absolute atomic E-state index is 0.0990. The minimum atomic E-state index is -0.570. The molecule has 1 aliphatic rings. The highest BCUT2D eigenvalue weighted by Crippen LogP contribution is 2.32. The normalized spacial score (nSPS) is 13.2. The van der Waals surface area contributed by atoms with Crippen LogP contribution in [0.1, 0.15) is 18.2 Å². The van der Waals surface area contributed by atoms with Crippen molar-refractivity contribution in [1.29, 1.82) is 0 Å². The fraction of sp³-hybridized carbons (Fsp3) is 0.240. The maximum absolute atomic E-state index is 14.7. The van der Waals surface area contributed by atoms with Crippen molar-refractivity contribution in [2.24, 2.45) is 0 Å². The number of anilines is 2. The minimum Gasteiger partial charge on any atom is -0.465 e. The molecule has 0 spiro atoms. The Balaban J connectivity index is 1.36. The van der Waals surface area contributed by atoms with E-state index in [1.807, 2.05) is 22.8 Å². The number of halogens is 1. The molecule has 0 radical (unpaired) electrons. The van der Waals surface area contributed by atoms with Gasteiger partial charge in [-0.25, -0.2) is 23.9 Å². The average molecular weight is 487 g/mol. The first kappa shape index (κ1) is 22.1. The average Bonchev–Trinajstić information content (AvgIpc) is 3.45. The topological polar surface area (TPSA) is 111 Å². The van der Waals surface area contributed by atoms with E-state index < -0.39 is 5.82 Å². The summed E-state index contributed by atoms with van der Waals surface area (Å²) in [6.07, 6.45) is 5.10. The number of aromatic nitrogens is 6. The summed E-state index contributed by atoms with van der Waals surface area (Å²) in [5, 5.41) is 11.9. The third-order valence-corrected chi connectivity index (χ3v) is 6.24. The number of ether oxygens (including phenoxy) is 1. The number of nitrogens with one attached hydrogen (secondary N) is 2. The SMILES string of the molecule is CCOC(=O)Cn1c2c(c3cc(Nc4ncc(F)c(-c5cnc6cccnn56)n4)ccc31)CNCC2. The zero-order chi connectivity index (χ0) is 24.6. The standard InChI is InChI=1S/C25H23FN8O2/c1-2-36-23(35)14-33-19-6-5-15(10-16(19)17-11-27-9-7-20(17)33)31-25-29-12-18(26)24(32-25)21-13-28-22-4-3-8-30-34(21)22/h3-6,8,10,12-13,27H,2,7,9,11,14H2,1H3,(H,29,31,32).